The van der Waals surface area contributed by atoms with E-state index < -0.39 is 23.7 Å². The molecule has 0 aliphatic carbocycles. The first-order chi connectivity index (χ1) is 10.2. The Kier molecular flexibility index (Phi) is 4.23. The molecule has 0 aliphatic rings. The molecule has 6 nitrogen and oxygen atoms in total. The highest BCUT2D eigenvalue weighted by Crippen LogP contribution is 2.23. The Morgan fingerprint density at radius 3 is 2.55 bits per heavy atom. The molecule has 0 bridgehead atoms. The zero-order valence-corrected chi connectivity index (χ0v) is 12.9. The molecule has 22 heavy (non-hydrogen) atoms. The van der Waals surface area contributed by atoms with Crippen LogP contribution in [-0.4, -0.2) is 33.4 Å². The van der Waals surface area contributed by atoms with Gasteiger partial charge in [0.1, 0.15) is 11.6 Å². The number of nitrogens with zero attached hydrogens (tertiary/aromatic N) is 1. The molecule has 6 heteroatoms. The first-order valence-corrected chi connectivity index (χ1v) is 7.00. The lowest BCUT2D eigenvalue weighted by Gasteiger charge is -2.19. The van der Waals surface area contributed by atoms with Crippen LogP contribution >= 0.6 is 0 Å². The van der Waals surface area contributed by atoms with E-state index in [4.69, 9.17) is 15.6 Å². The van der Waals surface area contributed by atoms with Crippen LogP contribution in [-0.2, 0) is 16.0 Å². The quantitative estimate of drug-likeness (QED) is 0.907. The largest absolute Gasteiger partial charge is 0.480 e. The fourth-order valence-corrected chi connectivity index (χ4v) is 2.20. The van der Waals surface area contributed by atoms with Gasteiger partial charge in [-0.1, -0.05) is 18.2 Å². The predicted molar refractivity (Wildman–Crippen MR) is 82.9 cm³/mol. The van der Waals surface area contributed by atoms with Gasteiger partial charge in [0.15, 0.2) is 0 Å². The molecule has 0 saturated heterocycles. The van der Waals surface area contributed by atoms with E-state index in [9.17, 15) is 9.59 Å². The molecule has 0 radical (unpaired) electrons. The molecule has 1 aromatic heterocycles. The summed E-state index contributed by atoms with van der Waals surface area (Å²) < 4.78 is 6.77. The summed E-state index contributed by atoms with van der Waals surface area (Å²) >= 11 is 0. The Bertz CT molecular complexity index is 712. The van der Waals surface area contributed by atoms with Crippen LogP contribution in [0.5, 0.6) is 0 Å². The first kappa shape index (κ1) is 16.0. The number of carboxylic acid groups (broad SMARTS) is 1. The predicted octanol–water partition coefficient (Wildman–Crippen LogP) is 2.38. The van der Waals surface area contributed by atoms with Crippen LogP contribution in [0.4, 0.5) is 4.79 Å². The third-order valence-corrected chi connectivity index (χ3v) is 3.14. The summed E-state index contributed by atoms with van der Waals surface area (Å²) in [5.74, 6) is -1.07. The van der Waals surface area contributed by atoms with Crippen molar-refractivity contribution >= 4 is 23.0 Å². The molecule has 0 amide bonds. The van der Waals surface area contributed by atoms with Crippen molar-refractivity contribution in [2.75, 3.05) is 0 Å². The number of hydrogen-bond donors (Lipinski definition) is 2. The van der Waals surface area contributed by atoms with Crippen molar-refractivity contribution in [1.82, 2.24) is 4.57 Å². The Labute approximate surface area is 128 Å². The van der Waals surface area contributed by atoms with E-state index in [1.54, 1.807) is 33.0 Å². The number of carboxylic acids is 1. The maximum absolute atomic E-state index is 12.3. The Hall–Kier alpha value is -2.34. The van der Waals surface area contributed by atoms with Gasteiger partial charge in [-0.15, -0.1) is 0 Å². The molecule has 0 saturated carbocycles. The van der Waals surface area contributed by atoms with Gasteiger partial charge in [-0.05, 0) is 32.4 Å². The zero-order valence-electron chi connectivity index (χ0n) is 12.9. The normalized spacial score (nSPS) is 13.1. The summed E-state index contributed by atoms with van der Waals surface area (Å²) in [5, 5.41) is 9.76. The number of ether oxygens (including phenoxy) is 1. The molecule has 1 aromatic carbocycles. The average Bonchev–Trinajstić information content (AvgIpc) is 2.76. The van der Waals surface area contributed by atoms with Crippen molar-refractivity contribution < 1.29 is 19.4 Å². The highest BCUT2D eigenvalue weighted by Gasteiger charge is 2.22. The van der Waals surface area contributed by atoms with Crippen LogP contribution in [0.3, 0.4) is 0 Å². The number of fused-ring (bicyclic) bond motifs is 1. The fraction of sp³-hybridized carbons (Fsp3) is 0.375. The van der Waals surface area contributed by atoms with E-state index in [2.05, 4.69) is 0 Å². The molecule has 2 rings (SSSR count). The smallest absolute Gasteiger partial charge is 0.419 e. The van der Waals surface area contributed by atoms with Gasteiger partial charge in [0.25, 0.3) is 0 Å². The number of carbonyl (C=O) groups is 2. The van der Waals surface area contributed by atoms with Crippen LogP contribution in [0.15, 0.2) is 30.5 Å². The maximum Gasteiger partial charge on any atom is 0.419 e. The van der Waals surface area contributed by atoms with Crippen molar-refractivity contribution in [1.29, 1.82) is 0 Å². The number of rotatable bonds is 3. The topological polar surface area (TPSA) is 94.5 Å². The Balaban J connectivity index is 2.44. The van der Waals surface area contributed by atoms with Gasteiger partial charge in [0.05, 0.1) is 5.52 Å². The van der Waals surface area contributed by atoms with Crippen LogP contribution < -0.4 is 5.73 Å². The number of aromatic nitrogens is 1. The average molecular weight is 304 g/mol. The van der Waals surface area contributed by atoms with Crippen molar-refractivity contribution in [3.05, 3.63) is 36.0 Å². The molecule has 3 N–H and O–H groups in total. The van der Waals surface area contributed by atoms with Crippen molar-refractivity contribution in [3.63, 3.8) is 0 Å². The third-order valence-electron chi connectivity index (χ3n) is 3.14. The van der Waals surface area contributed by atoms with Gasteiger partial charge >= 0.3 is 12.1 Å². The van der Waals surface area contributed by atoms with E-state index in [1.165, 1.54) is 4.57 Å². The number of aliphatic carboxylic acids is 1. The van der Waals surface area contributed by atoms with Crippen LogP contribution in [0.25, 0.3) is 10.9 Å². The number of carbonyl (C=O) groups excluding carboxylic acids is 1. The molecule has 0 fully saturated rings. The summed E-state index contributed by atoms with van der Waals surface area (Å²) in [7, 11) is 0. The van der Waals surface area contributed by atoms with E-state index >= 15 is 0 Å². The lowest BCUT2D eigenvalue weighted by atomic mass is 10.1. The first-order valence-electron chi connectivity index (χ1n) is 7.00. The second-order valence-corrected chi connectivity index (χ2v) is 6.17. The van der Waals surface area contributed by atoms with E-state index in [0.29, 0.717) is 11.1 Å². The van der Waals surface area contributed by atoms with Crippen molar-refractivity contribution in [2.24, 2.45) is 5.73 Å². The highest BCUT2D eigenvalue weighted by molar-refractivity contribution is 5.92. The molecule has 118 valence electrons. The lowest BCUT2D eigenvalue weighted by Crippen LogP contribution is -2.32. The van der Waals surface area contributed by atoms with Crippen LogP contribution in [0, 0.1) is 0 Å². The Morgan fingerprint density at radius 2 is 1.95 bits per heavy atom. The third kappa shape index (κ3) is 3.46. The molecular formula is C16H20N2O4. The number of benzene rings is 1. The Morgan fingerprint density at radius 1 is 1.32 bits per heavy atom. The molecule has 0 aliphatic heterocycles. The van der Waals surface area contributed by atoms with Gasteiger partial charge in [-0.25, -0.2) is 4.79 Å². The molecular weight excluding hydrogens is 284 g/mol. The standard InChI is InChI=1S/C16H20N2O4/c1-16(2,3)22-15(21)18-9-10(8-12(17)14(19)20)11-6-4-5-7-13(11)18/h4-7,9,12H,8,17H2,1-3H3,(H,19,20). The minimum absolute atomic E-state index is 0.144. The summed E-state index contributed by atoms with van der Waals surface area (Å²) in [6.07, 6.45) is 1.24. The summed E-state index contributed by atoms with van der Waals surface area (Å²) in [4.78, 5) is 23.2. The van der Waals surface area contributed by atoms with Gasteiger partial charge in [-0.2, -0.15) is 0 Å². The van der Waals surface area contributed by atoms with Gasteiger partial charge in [0, 0.05) is 18.0 Å². The van der Waals surface area contributed by atoms with E-state index in [1.807, 2.05) is 18.2 Å². The number of para-hydroxylation sites is 1. The minimum Gasteiger partial charge on any atom is -0.480 e. The minimum atomic E-state index is -1.07. The van der Waals surface area contributed by atoms with Gasteiger partial charge in [0.2, 0.25) is 0 Å². The van der Waals surface area contributed by atoms with Crippen molar-refractivity contribution in [2.45, 2.75) is 38.8 Å². The van der Waals surface area contributed by atoms with Crippen molar-refractivity contribution in [3.8, 4) is 0 Å². The SMILES string of the molecule is CC(C)(C)OC(=O)n1cc(CC(N)C(=O)O)c2ccccc21. The zero-order chi connectivity index (χ0) is 16.5. The monoisotopic (exact) mass is 304 g/mol. The summed E-state index contributed by atoms with van der Waals surface area (Å²) in [6, 6.07) is 6.24. The van der Waals surface area contributed by atoms with Crippen LogP contribution in [0.2, 0.25) is 0 Å². The molecule has 1 atom stereocenters. The second kappa shape index (κ2) is 5.81. The lowest BCUT2D eigenvalue weighted by molar-refractivity contribution is -0.138. The van der Waals surface area contributed by atoms with Crippen LogP contribution in [0.1, 0.15) is 26.3 Å². The fourth-order valence-electron chi connectivity index (χ4n) is 2.20. The van der Waals surface area contributed by atoms with Gasteiger partial charge < -0.3 is 15.6 Å². The molecule has 1 unspecified atom stereocenters. The molecule has 1 heterocycles. The number of nitrogens with two attached hydrogens (primary N) is 1. The second-order valence-electron chi connectivity index (χ2n) is 6.17. The van der Waals surface area contributed by atoms with E-state index in [0.717, 1.165) is 5.39 Å². The highest BCUT2D eigenvalue weighted by atomic mass is 16.6. The summed E-state index contributed by atoms with van der Waals surface area (Å²) in [6.45, 7) is 5.37. The van der Waals surface area contributed by atoms with Gasteiger partial charge in [-0.3, -0.25) is 9.36 Å². The molecule has 0 spiro atoms. The number of hydrogen-bond acceptors (Lipinski definition) is 4. The van der Waals surface area contributed by atoms with E-state index in [-0.39, 0.29) is 6.42 Å². The molecule has 2 aromatic rings. The summed E-state index contributed by atoms with van der Waals surface area (Å²) in [5.41, 5.74) is 6.37. The maximum atomic E-state index is 12.3.